The summed E-state index contributed by atoms with van der Waals surface area (Å²) in [6, 6.07) is 0. The van der Waals surface area contributed by atoms with E-state index in [-0.39, 0.29) is 18.9 Å². The zero-order chi connectivity index (χ0) is 17.3. The number of aliphatic hydroxyl groups is 1. The number of fused-ring (bicyclic) bond motifs is 1. The van der Waals surface area contributed by atoms with Crippen molar-refractivity contribution in [1.29, 1.82) is 0 Å². The molecule has 3 heterocycles. The number of hydrogen-bond donors (Lipinski definition) is 1. The molecule has 1 aliphatic rings. The Bertz CT molecular complexity index is 722. The third kappa shape index (κ3) is 3.44. The highest BCUT2D eigenvalue weighted by Crippen LogP contribution is 2.28. The van der Waals surface area contributed by atoms with Gasteiger partial charge in [-0.15, -0.1) is 0 Å². The van der Waals surface area contributed by atoms with Crippen molar-refractivity contribution in [2.75, 3.05) is 6.61 Å². The van der Waals surface area contributed by atoms with Gasteiger partial charge in [0.05, 0.1) is 35.6 Å². The molecule has 0 unspecified atom stereocenters. The largest absolute Gasteiger partial charge is 0.396 e. The highest BCUT2D eigenvalue weighted by molar-refractivity contribution is 7.97. The highest BCUT2D eigenvalue weighted by atomic mass is 32.2. The third-order valence-corrected chi connectivity index (χ3v) is 4.77. The lowest BCUT2D eigenvalue weighted by Crippen LogP contribution is -2.26. The Balaban J connectivity index is 1.67. The summed E-state index contributed by atoms with van der Waals surface area (Å²) in [6.07, 6.45) is 1.04. The minimum atomic E-state index is -2.45. The minimum Gasteiger partial charge on any atom is -0.396 e. The summed E-state index contributed by atoms with van der Waals surface area (Å²) in [4.78, 5) is 14.2. The van der Waals surface area contributed by atoms with Gasteiger partial charge in [0.2, 0.25) is 5.91 Å². The molecule has 2 aromatic heterocycles. The van der Waals surface area contributed by atoms with E-state index in [1.165, 1.54) is 16.6 Å². The number of carbonyl (C=O) groups is 1. The quantitative estimate of drug-likeness (QED) is 0.846. The molecule has 0 fully saturated rings. The van der Waals surface area contributed by atoms with Gasteiger partial charge < -0.3 is 10.0 Å². The second kappa shape index (κ2) is 6.89. The molecule has 2 aromatic rings. The molecule has 0 saturated carbocycles. The average Bonchev–Trinajstić information content (AvgIpc) is 3.16. The van der Waals surface area contributed by atoms with Crippen LogP contribution in [0.25, 0.3) is 0 Å². The molecular formula is C14H17F2N5O2S. The number of amides is 1. The number of rotatable bonds is 6. The Morgan fingerprint density at radius 3 is 2.92 bits per heavy atom. The number of aliphatic hydroxyl groups excluding tert-OH is 1. The van der Waals surface area contributed by atoms with Gasteiger partial charge in [0.25, 0.3) is 6.43 Å². The first-order chi connectivity index (χ1) is 11.5. The molecule has 130 valence electrons. The lowest BCUT2D eigenvalue weighted by molar-refractivity contribution is -0.132. The van der Waals surface area contributed by atoms with Gasteiger partial charge in [0, 0.05) is 36.7 Å². The first kappa shape index (κ1) is 16.9. The van der Waals surface area contributed by atoms with E-state index in [4.69, 9.17) is 5.11 Å². The number of halogens is 2. The summed E-state index contributed by atoms with van der Waals surface area (Å²) in [7, 11) is 0. The van der Waals surface area contributed by atoms with E-state index in [0.717, 1.165) is 16.2 Å². The fourth-order valence-corrected chi connectivity index (χ4v) is 3.39. The SMILES string of the molecule is Cc1c(Sn2cc3c(n2)CN(C(=O)CCO)C3)cnn1CC(F)F. The Labute approximate surface area is 141 Å². The summed E-state index contributed by atoms with van der Waals surface area (Å²) in [6.45, 7) is 2.04. The fourth-order valence-electron chi connectivity index (χ4n) is 2.54. The lowest BCUT2D eigenvalue weighted by Gasteiger charge is -2.14. The van der Waals surface area contributed by atoms with Crippen LogP contribution >= 0.6 is 11.9 Å². The Morgan fingerprint density at radius 2 is 2.25 bits per heavy atom. The van der Waals surface area contributed by atoms with Crippen LogP contribution in [-0.4, -0.2) is 47.9 Å². The standard InChI is InChI=1S/C14H17F2N5O2S/c1-9-12(4-17-20(9)8-13(15)16)24-21-6-10-5-19(7-11(10)18-21)14(23)2-3-22/h4,6,13,22H,2-3,5,7-8H2,1H3. The Kier molecular flexibility index (Phi) is 4.86. The van der Waals surface area contributed by atoms with E-state index in [2.05, 4.69) is 10.2 Å². The smallest absolute Gasteiger partial charge is 0.257 e. The monoisotopic (exact) mass is 357 g/mol. The third-order valence-electron chi connectivity index (χ3n) is 3.80. The van der Waals surface area contributed by atoms with Crippen molar-refractivity contribution in [1.82, 2.24) is 23.9 Å². The second-order valence-corrected chi connectivity index (χ2v) is 6.48. The molecule has 0 aromatic carbocycles. The molecule has 1 N–H and O–H groups in total. The Hall–Kier alpha value is -1.94. The van der Waals surface area contributed by atoms with Crippen molar-refractivity contribution in [3.05, 3.63) is 29.3 Å². The summed E-state index contributed by atoms with van der Waals surface area (Å²) in [5.41, 5.74) is 2.42. The molecule has 0 radical (unpaired) electrons. The topological polar surface area (TPSA) is 76.2 Å². The van der Waals surface area contributed by atoms with Crippen molar-refractivity contribution in [2.45, 2.75) is 44.3 Å². The van der Waals surface area contributed by atoms with Gasteiger partial charge in [0.15, 0.2) is 0 Å². The van der Waals surface area contributed by atoms with Crippen LogP contribution in [0.3, 0.4) is 0 Å². The number of carbonyl (C=O) groups excluding carboxylic acids is 1. The molecule has 1 aliphatic heterocycles. The van der Waals surface area contributed by atoms with Crippen LogP contribution < -0.4 is 0 Å². The van der Waals surface area contributed by atoms with Crippen molar-refractivity contribution in [3.63, 3.8) is 0 Å². The predicted molar refractivity (Wildman–Crippen MR) is 82.4 cm³/mol. The van der Waals surface area contributed by atoms with Gasteiger partial charge in [-0.1, -0.05) is 0 Å². The molecule has 3 rings (SSSR count). The van der Waals surface area contributed by atoms with Crippen LogP contribution in [0.5, 0.6) is 0 Å². The summed E-state index contributed by atoms with van der Waals surface area (Å²) >= 11 is 1.30. The van der Waals surface area contributed by atoms with E-state index in [1.807, 2.05) is 6.20 Å². The number of aromatic nitrogens is 4. The van der Waals surface area contributed by atoms with Crippen LogP contribution in [0.15, 0.2) is 17.3 Å². The molecular weight excluding hydrogens is 340 g/mol. The number of hydrogen-bond acceptors (Lipinski definition) is 5. The van der Waals surface area contributed by atoms with Crippen LogP contribution in [-0.2, 0) is 24.4 Å². The van der Waals surface area contributed by atoms with Crippen molar-refractivity contribution >= 4 is 17.9 Å². The first-order valence-corrected chi connectivity index (χ1v) is 8.20. The predicted octanol–water partition coefficient (Wildman–Crippen LogP) is 1.43. The summed E-state index contributed by atoms with van der Waals surface area (Å²) < 4.78 is 27.9. The van der Waals surface area contributed by atoms with E-state index < -0.39 is 13.0 Å². The van der Waals surface area contributed by atoms with E-state index in [1.54, 1.807) is 22.1 Å². The van der Waals surface area contributed by atoms with Crippen LogP contribution in [0.1, 0.15) is 23.4 Å². The maximum absolute atomic E-state index is 12.5. The first-order valence-electron chi connectivity index (χ1n) is 7.43. The molecule has 24 heavy (non-hydrogen) atoms. The molecule has 10 heteroatoms. The molecule has 0 bridgehead atoms. The van der Waals surface area contributed by atoms with Gasteiger partial charge in [-0.05, 0) is 6.92 Å². The van der Waals surface area contributed by atoms with Crippen molar-refractivity contribution in [2.24, 2.45) is 0 Å². The number of nitrogens with zero attached hydrogens (tertiary/aromatic N) is 5. The van der Waals surface area contributed by atoms with Crippen molar-refractivity contribution < 1.29 is 18.7 Å². The van der Waals surface area contributed by atoms with Crippen molar-refractivity contribution in [3.8, 4) is 0 Å². The molecule has 7 nitrogen and oxygen atoms in total. The lowest BCUT2D eigenvalue weighted by atomic mass is 10.3. The van der Waals surface area contributed by atoms with Crippen LogP contribution in [0.4, 0.5) is 8.78 Å². The molecule has 0 atom stereocenters. The van der Waals surface area contributed by atoms with Crippen LogP contribution in [0, 0.1) is 6.92 Å². The Morgan fingerprint density at radius 1 is 1.46 bits per heavy atom. The zero-order valence-corrected chi connectivity index (χ0v) is 13.8. The van der Waals surface area contributed by atoms with Gasteiger partial charge in [0.1, 0.15) is 6.54 Å². The summed E-state index contributed by atoms with van der Waals surface area (Å²) in [5, 5.41) is 17.2. The van der Waals surface area contributed by atoms with Crippen LogP contribution in [0.2, 0.25) is 0 Å². The minimum absolute atomic E-state index is 0.0983. The van der Waals surface area contributed by atoms with Gasteiger partial charge >= 0.3 is 0 Å². The molecule has 0 spiro atoms. The van der Waals surface area contributed by atoms with Gasteiger partial charge in [-0.3, -0.25) is 9.48 Å². The van der Waals surface area contributed by atoms with E-state index in [0.29, 0.717) is 18.8 Å². The average molecular weight is 357 g/mol. The number of alkyl halides is 2. The highest BCUT2D eigenvalue weighted by Gasteiger charge is 2.26. The fraction of sp³-hybridized carbons (Fsp3) is 0.500. The second-order valence-electron chi connectivity index (χ2n) is 5.49. The van der Waals surface area contributed by atoms with E-state index in [9.17, 15) is 13.6 Å². The maximum atomic E-state index is 12.5. The molecule has 0 aliphatic carbocycles. The van der Waals surface area contributed by atoms with E-state index >= 15 is 0 Å². The van der Waals surface area contributed by atoms with Gasteiger partial charge in [-0.2, -0.15) is 10.2 Å². The molecule has 0 saturated heterocycles. The zero-order valence-electron chi connectivity index (χ0n) is 13.0. The molecule has 1 amide bonds. The maximum Gasteiger partial charge on any atom is 0.257 e. The van der Waals surface area contributed by atoms with Gasteiger partial charge in [-0.25, -0.2) is 12.9 Å². The summed E-state index contributed by atoms with van der Waals surface area (Å²) in [5.74, 6) is -0.0983. The normalized spacial score (nSPS) is 13.8.